The van der Waals surface area contributed by atoms with Gasteiger partial charge in [0.25, 0.3) is 5.91 Å². The summed E-state index contributed by atoms with van der Waals surface area (Å²) in [6, 6.07) is 9.52. The maximum Gasteiger partial charge on any atom is 0.287 e. The Hall–Kier alpha value is -3.62. The van der Waals surface area contributed by atoms with Crippen LogP contribution in [-0.4, -0.2) is 39.2 Å². The molecular weight excluding hydrogens is 374 g/mol. The second-order valence-electron chi connectivity index (χ2n) is 6.70. The van der Waals surface area contributed by atoms with E-state index in [0.717, 1.165) is 0 Å². The Kier molecular flexibility index (Phi) is 6.62. The van der Waals surface area contributed by atoms with Gasteiger partial charge in [-0.1, -0.05) is 19.9 Å². The number of hydrogen-bond donors (Lipinski definition) is 2. The van der Waals surface area contributed by atoms with Gasteiger partial charge in [0.05, 0.1) is 12.8 Å². The molecule has 1 atom stereocenters. The molecule has 0 spiro atoms. The van der Waals surface area contributed by atoms with Crippen molar-refractivity contribution in [2.45, 2.75) is 26.4 Å². The molecule has 152 valence electrons. The number of hydrogen-bond acceptors (Lipinski definition) is 6. The molecule has 1 unspecified atom stereocenters. The molecule has 3 rings (SSSR count). The molecule has 0 saturated carbocycles. The number of ether oxygens (including phenoxy) is 1. The summed E-state index contributed by atoms with van der Waals surface area (Å²) < 4.78 is 12.5. The topological polar surface area (TPSA) is 111 Å². The molecule has 9 heteroatoms. The van der Waals surface area contributed by atoms with Crippen LogP contribution in [0.4, 0.5) is 5.69 Å². The SMILES string of the molecule is CC(C)C(NC(=O)c1ccco1)C(=O)Nc1cccc(OCCn2cncn2)c1. The van der Waals surface area contributed by atoms with E-state index in [-0.39, 0.29) is 17.6 Å². The van der Waals surface area contributed by atoms with E-state index < -0.39 is 11.9 Å². The third-order valence-corrected chi connectivity index (χ3v) is 4.14. The number of aromatic nitrogens is 3. The second-order valence-corrected chi connectivity index (χ2v) is 6.70. The zero-order valence-electron chi connectivity index (χ0n) is 16.2. The number of furan rings is 1. The quantitative estimate of drug-likeness (QED) is 0.573. The second kappa shape index (κ2) is 9.54. The van der Waals surface area contributed by atoms with Gasteiger partial charge in [-0.25, -0.2) is 9.67 Å². The number of rotatable bonds is 9. The smallest absolute Gasteiger partial charge is 0.287 e. The molecule has 0 aliphatic heterocycles. The minimum atomic E-state index is -0.718. The summed E-state index contributed by atoms with van der Waals surface area (Å²) in [7, 11) is 0. The lowest BCUT2D eigenvalue weighted by atomic mass is 10.0. The highest BCUT2D eigenvalue weighted by Gasteiger charge is 2.25. The summed E-state index contributed by atoms with van der Waals surface area (Å²) in [6.45, 7) is 4.69. The van der Waals surface area contributed by atoms with Crippen molar-refractivity contribution < 1.29 is 18.7 Å². The van der Waals surface area contributed by atoms with Gasteiger partial charge in [0, 0.05) is 11.8 Å². The largest absolute Gasteiger partial charge is 0.492 e. The Balaban J connectivity index is 1.58. The highest BCUT2D eigenvalue weighted by molar-refractivity contribution is 6.00. The van der Waals surface area contributed by atoms with Gasteiger partial charge >= 0.3 is 0 Å². The summed E-state index contributed by atoms with van der Waals surface area (Å²) in [4.78, 5) is 28.8. The fraction of sp³-hybridized carbons (Fsp3) is 0.300. The molecule has 2 N–H and O–H groups in total. The van der Waals surface area contributed by atoms with E-state index in [0.29, 0.717) is 24.6 Å². The summed E-state index contributed by atoms with van der Waals surface area (Å²) in [6.07, 6.45) is 4.49. The molecule has 3 aromatic rings. The van der Waals surface area contributed by atoms with E-state index >= 15 is 0 Å². The van der Waals surface area contributed by atoms with E-state index in [9.17, 15) is 9.59 Å². The van der Waals surface area contributed by atoms with Crippen molar-refractivity contribution in [2.24, 2.45) is 5.92 Å². The molecular formula is C20H23N5O4. The molecule has 2 amide bonds. The minimum absolute atomic E-state index is 0.115. The van der Waals surface area contributed by atoms with Crippen LogP contribution in [0.5, 0.6) is 5.75 Å². The zero-order chi connectivity index (χ0) is 20.6. The summed E-state index contributed by atoms with van der Waals surface area (Å²) in [5, 5.41) is 9.55. The fourth-order valence-corrected chi connectivity index (χ4v) is 2.64. The van der Waals surface area contributed by atoms with Crippen molar-refractivity contribution in [1.29, 1.82) is 0 Å². The summed E-state index contributed by atoms with van der Waals surface area (Å²) in [5.41, 5.74) is 0.575. The van der Waals surface area contributed by atoms with Crippen molar-refractivity contribution >= 4 is 17.5 Å². The van der Waals surface area contributed by atoms with Crippen LogP contribution in [0.2, 0.25) is 0 Å². The maximum absolute atomic E-state index is 12.7. The van der Waals surface area contributed by atoms with Crippen molar-refractivity contribution in [3.8, 4) is 5.75 Å². The lowest BCUT2D eigenvalue weighted by Crippen LogP contribution is -2.47. The van der Waals surface area contributed by atoms with Crippen molar-refractivity contribution in [2.75, 3.05) is 11.9 Å². The monoisotopic (exact) mass is 397 g/mol. The number of nitrogens with one attached hydrogen (secondary N) is 2. The maximum atomic E-state index is 12.7. The van der Waals surface area contributed by atoms with Gasteiger partial charge < -0.3 is 19.8 Å². The molecule has 0 radical (unpaired) electrons. The molecule has 2 heterocycles. The highest BCUT2D eigenvalue weighted by atomic mass is 16.5. The van der Waals surface area contributed by atoms with Crippen LogP contribution < -0.4 is 15.4 Å². The third-order valence-electron chi connectivity index (χ3n) is 4.14. The number of benzene rings is 1. The molecule has 2 aromatic heterocycles. The fourth-order valence-electron chi connectivity index (χ4n) is 2.64. The van der Waals surface area contributed by atoms with Crippen molar-refractivity contribution in [1.82, 2.24) is 20.1 Å². The van der Waals surface area contributed by atoms with Crippen LogP contribution >= 0.6 is 0 Å². The van der Waals surface area contributed by atoms with E-state index in [1.165, 1.54) is 12.6 Å². The molecule has 1 aromatic carbocycles. The Morgan fingerprint density at radius 1 is 1.24 bits per heavy atom. The normalized spacial score (nSPS) is 11.8. The first-order valence-electron chi connectivity index (χ1n) is 9.23. The predicted molar refractivity (Wildman–Crippen MR) is 105 cm³/mol. The van der Waals surface area contributed by atoms with Crippen molar-refractivity contribution in [3.63, 3.8) is 0 Å². The van der Waals surface area contributed by atoms with Gasteiger partial charge in [-0.3, -0.25) is 9.59 Å². The lowest BCUT2D eigenvalue weighted by molar-refractivity contribution is -0.118. The minimum Gasteiger partial charge on any atom is -0.492 e. The van der Waals surface area contributed by atoms with E-state index in [4.69, 9.17) is 9.15 Å². The number of nitrogens with zero attached hydrogens (tertiary/aromatic N) is 3. The van der Waals surface area contributed by atoms with E-state index in [2.05, 4.69) is 20.7 Å². The lowest BCUT2D eigenvalue weighted by Gasteiger charge is -2.21. The summed E-state index contributed by atoms with van der Waals surface area (Å²) >= 11 is 0. The number of carbonyl (C=O) groups excluding carboxylic acids is 2. The highest BCUT2D eigenvalue weighted by Crippen LogP contribution is 2.18. The van der Waals surface area contributed by atoms with Crippen molar-refractivity contribution in [3.05, 3.63) is 61.1 Å². The average Bonchev–Trinajstić information content (AvgIpc) is 3.40. The predicted octanol–water partition coefficient (Wildman–Crippen LogP) is 2.34. The van der Waals surface area contributed by atoms with Crippen LogP contribution in [0.15, 0.2) is 59.7 Å². The first-order valence-corrected chi connectivity index (χ1v) is 9.23. The standard InChI is InChI=1S/C20H23N5O4/c1-14(2)18(24-19(26)17-7-4-9-29-17)20(27)23-15-5-3-6-16(11-15)28-10-8-25-13-21-12-22-25/h3-7,9,11-14,18H,8,10H2,1-2H3,(H,23,27)(H,24,26). The van der Waals surface area contributed by atoms with Gasteiger partial charge in [-0.2, -0.15) is 5.10 Å². The molecule has 0 fully saturated rings. The molecule has 0 bridgehead atoms. The molecule has 9 nitrogen and oxygen atoms in total. The zero-order valence-corrected chi connectivity index (χ0v) is 16.2. The third kappa shape index (κ3) is 5.68. The van der Waals surface area contributed by atoms with Crippen LogP contribution in [0.25, 0.3) is 0 Å². The van der Waals surface area contributed by atoms with Crippen LogP contribution in [-0.2, 0) is 11.3 Å². The van der Waals surface area contributed by atoms with Gasteiger partial charge in [-0.05, 0) is 30.2 Å². The Labute approximate surface area is 168 Å². The van der Waals surface area contributed by atoms with E-state index in [1.807, 2.05) is 13.8 Å². The first-order chi connectivity index (χ1) is 14.0. The van der Waals surface area contributed by atoms with Gasteiger partial charge in [-0.15, -0.1) is 0 Å². The number of anilines is 1. The Morgan fingerprint density at radius 2 is 2.10 bits per heavy atom. The summed E-state index contributed by atoms with van der Waals surface area (Å²) in [5.74, 6) is -0.0976. The number of carbonyl (C=O) groups is 2. The molecule has 0 aliphatic carbocycles. The Bertz CT molecular complexity index is 922. The van der Waals surface area contributed by atoms with Gasteiger partial charge in [0.1, 0.15) is 31.1 Å². The van der Waals surface area contributed by atoms with Crippen LogP contribution in [0.1, 0.15) is 24.4 Å². The molecule has 0 saturated heterocycles. The number of amides is 2. The van der Waals surface area contributed by atoms with E-state index in [1.54, 1.807) is 47.4 Å². The molecule has 0 aliphatic rings. The Morgan fingerprint density at radius 3 is 2.79 bits per heavy atom. The van der Waals surface area contributed by atoms with Gasteiger partial charge in [0.15, 0.2) is 5.76 Å². The average molecular weight is 397 g/mol. The van der Waals surface area contributed by atoms with Gasteiger partial charge in [0.2, 0.25) is 5.91 Å². The molecule has 29 heavy (non-hydrogen) atoms. The first kappa shape index (κ1) is 20.1. The van der Waals surface area contributed by atoms with Crippen LogP contribution in [0, 0.1) is 5.92 Å². The van der Waals surface area contributed by atoms with Crippen LogP contribution in [0.3, 0.4) is 0 Å².